The molecule has 0 radical (unpaired) electrons. The molecule has 0 aliphatic heterocycles. The van der Waals surface area contributed by atoms with Gasteiger partial charge in [0, 0.05) is 12.6 Å². The summed E-state index contributed by atoms with van der Waals surface area (Å²) in [4.78, 5) is 8.93. The molecule has 1 unspecified atom stereocenters. The van der Waals surface area contributed by atoms with Gasteiger partial charge in [0.2, 0.25) is 0 Å². The first kappa shape index (κ1) is 14.3. The summed E-state index contributed by atoms with van der Waals surface area (Å²) in [6.45, 7) is 6.12. The molecule has 0 bridgehead atoms. The molecule has 4 nitrogen and oxygen atoms in total. The van der Waals surface area contributed by atoms with Crippen LogP contribution in [0.1, 0.15) is 36.3 Å². The van der Waals surface area contributed by atoms with Crippen molar-refractivity contribution in [2.75, 3.05) is 17.7 Å². The predicted octanol–water partition coefficient (Wildman–Crippen LogP) is 3.70. The number of nitrogens with one attached hydrogen (secondary N) is 2. The maximum absolute atomic E-state index is 4.53. The molecule has 0 amide bonds. The number of anilines is 2. The lowest BCUT2D eigenvalue weighted by Gasteiger charge is -2.20. The second kappa shape index (κ2) is 6.37. The molecule has 0 fully saturated rings. The van der Waals surface area contributed by atoms with Gasteiger partial charge in [-0.05, 0) is 25.8 Å². The zero-order valence-electron chi connectivity index (χ0n) is 12.6. The van der Waals surface area contributed by atoms with Crippen molar-refractivity contribution in [2.45, 2.75) is 33.2 Å². The number of nitrogens with zero attached hydrogens (tertiary/aromatic N) is 2. The highest BCUT2D eigenvalue weighted by Crippen LogP contribution is 2.26. The molecule has 4 heteroatoms. The number of aromatic nitrogens is 2. The van der Waals surface area contributed by atoms with Crippen LogP contribution in [-0.4, -0.2) is 17.0 Å². The highest BCUT2D eigenvalue weighted by Gasteiger charge is 2.13. The molecule has 0 aliphatic rings. The third-order valence-corrected chi connectivity index (χ3v) is 3.42. The maximum Gasteiger partial charge on any atom is 0.135 e. The van der Waals surface area contributed by atoms with Crippen LogP contribution in [0.4, 0.5) is 11.6 Å². The summed E-state index contributed by atoms with van der Waals surface area (Å²) in [6.07, 6.45) is 1.00. The normalized spacial score (nSPS) is 12.0. The first-order valence-electron chi connectivity index (χ1n) is 7.00. The van der Waals surface area contributed by atoms with E-state index in [9.17, 15) is 0 Å². The van der Waals surface area contributed by atoms with E-state index in [1.54, 1.807) is 0 Å². The van der Waals surface area contributed by atoms with Gasteiger partial charge < -0.3 is 10.6 Å². The van der Waals surface area contributed by atoms with Crippen molar-refractivity contribution in [2.24, 2.45) is 0 Å². The van der Waals surface area contributed by atoms with Gasteiger partial charge in [0.15, 0.2) is 0 Å². The predicted molar refractivity (Wildman–Crippen MR) is 84.1 cm³/mol. The van der Waals surface area contributed by atoms with E-state index < -0.39 is 0 Å². The van der Waals surface area contributed by atoms with Crippen molar-refractivity contribution < 1.29 is 0 Å². The fourth-order valence-corrected chi connectivity index (χ4v) is 2.28. The van der Waals surface area contributed by atoms with Gasteiger partial charge in [0.1, 0.15) is 17.5 Å². The monoisotopic (exact) mass is 270 g/mol. The van der Waals surface area contributed by atoms with Gasteiger partial charge in [-0.1, -0.05) is 37.3 Å². The Morgan fingerprint density at radius 2 is 1.70 bits per heavy atom. The quantitative estimate of drug-likeness (QED) is 0.870. The van der Waals surface area contributed by atoms with Gasteiger partial charge in [-0.3, -0.25) is 0 Å². The minimum Gasteiger partial charge on any atom is -0.373 e. The first-order valence-corrected chi connectivity index (χ1v) is 7.00. The van der Waals surface area contributed by atoms with Crippen LogP contribution < -0.4 is 10.6 Å². The molecule has 2 rings (SSSR count). The van der Waals surface area contributed by atoms with Gasteiger partial charge in [0.25, 0.3) is 0 Å². The van der Waals surface area contributed by atoms with E-state index in [2.05, 4.69) is 51.8 Å². The Bertz CT molecular complexity index is 566. The zero-order valence-corrected chi connectivity index (χ0v) is 12.6. The van der Waals surface area contributed by atoms with Crippen LogP contribution in [0, 0.1) is 13.8 Å². The fourth-order valence-electron chi connectivity index (χ4n) is 2.28. The molecule has 106 valence electrons. The summed E-state index contributed by atoms with van der Waals surface area (Å²) in [5, 5.41) is 6.65. The van der Waals surface area contributed by atoms with Gasteiger partial charge >= 0.3 is 0 Å². The molecular formula is C16H22N4. The lowest BCUT2D eigenvalue weighted by Crippen LogP contribution is -2.14. The average Bonchev–Trinajstić information content (AvgIpc) is 2.48. The Labute approximate surface area is 120 Å². The van der Waals surface area contributed by atoms with Crippen molar-refractivity contribution in [3.63, 3.8) is 0 Å². The second-order valence-corrected chi connectivity index (χ2v) is 4.86. The highest BCUT2D eigenvalue weighted by atomic mass is 15.1. The van der Waals surface area contributed by atoms with Crippen LogP contribution in [0.3, 0.4) is 0 Å². The van der Waals surface area contributed by atoms with E-state index in [1.165, 1.54) is 5.56 Å². The molecule has 1 aromatic carbocycles. The summed E-state index contributed by atoms with van der Waals surface area (Å²) in [5.41, 5.74) is 2.32. The van der Waals surface area contributed by atoms with Crippen LogP contribution in [0.15, 0.2) is 30.3 Å². The number of hydrogen-bond donors (Lipinski definition) is 2. The van der Waals surface area contributed by atoms with Crippen molar-refractivity contribution in [1.82, 2.24) is 9.97 Å². The number of hydrogen-bond acceptors (Lipinski definition) is 4. The molecule has 2 N–H and O–H groups in total. The Kier molecular flexibility index (Phi) is 4.56. The van der Waals surface area contributed by atoms with Gasteiger partial charge in [0.05, 0.1) is 6.04 Å². The summed E-state index contributed by atoms with van der Waals surface area (Å²) in [7, 11) is 1.88. The Morgan fingerprint density at radius 1 is 1.05 bits per heavy atom. The smallest absolute Gasteiger partial charge is 0.135 e. The summed E-state index contributed by atoms with van der Waals surface area (Å²) >= 11 is 0. The molecule has 0 spiro atoms. The third-order valence-electron chi connectivity index (χ3n) is 3.42. The van der Waals surface area contributed by atoms with Crippen LogP contribution in [0.2, 0.25) is 0 Å². The summed E-state index contributed by atoms with van der Waals surface area (Å²) < 4.78 is 0. The van der Waals surface area contributed by atoms with Gasteiger partial charge in [-0.25, -0.2) is 9.97 Å². The van der Waals surface area contributed by atoms with Crippen LogP contribution in [-0.2, 0) is 0 Å². The van der Waals surface area contributed by atoms with Gasteiger partial charge in [-0.15, -0.1) is 0 Å². The molecule has 2 aromatic rings. The minimum absolute atomic E-state index is 0.258. The van der Waals surface area contributed by atoms with Crippen molar-refractivity contribution in [3.8, 4) is 0 Å². The summed E-state index contributed by atoms with van der Waals surface area (Å²) in [5.74, 6) is 2.55. The fraction of sp³-hybridized carbons (Fsp3) is 0.375. The Balaban J connectivity index is 2.31. The molecule has 0 aliphatic carbocycles. The molecule has 1 heterocycles. The van der Waals surface area contributed by atoms with Gasteiger partial charge in [-0.2, -0.15) is 0 Å². The topological polar surface area (TPSA) is 49.8 Å². The van der Waals surface area contributed by atoms with E-state index in [0.717, 1.165) is 29.4 Å². The number of benzene rings is 1. The molecule has 0 saturated carbocycles. The van der Waals surface area contributed by atoms with Crippen LogP contribution >= 0.6 is 0 Å². The van der Waals surface area contributed by atoms with E-state index in [-0.39, 0.29) is 6.04 Å². The lowest BCUT2D eigenvalue weighted by atomic mass is 10.0. The molecule has 1 atom stereocenters. The first-order chi connectivity index (χ1) is 9.65. The molecular weight excluding hydrogens is 248 g/mol. The number of aryl methyl sites for hydroxylation is 1. The Hall–Kier alpha value is -2.10. The van der Waals surface area contributed by atoms with Crippen molar-refractivity contribution >= 4 is 11.6 Å². The third kappa shape index (κ3) is 3.07. The highest BCUT2D eigenvalue weighted by molar-refractivity contribution is 5.57. The van der Waals surface area contributed by atoms with Crippen molar-refractivity contribution in [1.29, 1.82) is 0 Å². The molecule has 0 saturated heterocycles. The molecule has 1 aromatic heterocycles. The van der Waals surface area contributed by atoms with Crippen molar-refractivity contribution in [3.05, 3.63) is 47.3 Å². The van der Waals surface area contributed by atoms with Crippen LogP contribution in [0.25, 0.3) is 0 Å². The SMILES string of the molecule is CCC(Nc1nc(C)nc(NC)c1C)c1ccccc1. The summed E-state index contributed by atoms with van der Waals surface area (Å²) in [6, 6.07) is 10.7. The number of rotatable bonds is 5. The van der Waals surface area contributed by atoms with E-state index in [0.29, 0.717) is 0 Å². The molecule has 20 heavy (non-hydrogen) atoms. The lowest BCUT2D eigenvalue weighted by molar-refractivity contribution is 0.741. The second-order valence-electron chi connectivity index (χ2n) is 4.86. The maximum atomic E-state index is 4.53. The largest absolute Gasteiger partial charge is 0.373 e. The van der Waals surface area contributed by atoms with E-state index >= 15 is 0 Å². The average molecular weight is 270 g/mol. The minimum atomic E-state index is 0.258. The standard InChI is InChI=1S/C16H22N4/c1-5-14(13-9-7-6-8-10-13)20-16-11(2)15(17-4)18-12(3)19-16/h6-10,14H,5H2,1-4H3,(H2,17,18,19,20). The van der Waals surface area contributed by atoms with Crippen LogP contribution in [0.5, 0.6) is 0 Å². The Morgan fingerprint density at radius 3 is 2.30 bits per heavy atom. The van der Waals surface area contributed by atoms with E-state index in [1.807, 2.05) is 27.0 Å². The van der Waals surface area contributed by atoms with E-state index in [4.69, 9.17) is 0 Å². The zero-order chi connectivity index (χ0) is 14.5.